The van der Waals surface area contributed by atoms with Crippen LogP contribution in [0.5, 0.6) is 0 Å². The third-order valence-corrected chi connectivity index (χ3v) is 3.81. The highest BCUT2D eigenvalue weighted by atomic mass is 32.1. The molecule has 0 saturated carbocycles. The summed E-state index contributed by atoms with van der Waals surface area (Å²) >= 11 is 5.49. The predicted octanol–water partition coefficient (Wildman–Crippen LogP) is 3.82. The lowest BCUT2D eigenvalue weighted by Gasteiger charge is -2.02. The van der Waals surface area contributed by atoms with Gasteiger partial charge >= 0.3 is 0 Å². The molecule has 0 spiro atoms. The number of hydrogen-bond acceptors (Lipinski definition) is 3. The second kappa shape index (κ2) is 6.54. The van der Waals surface area contributed by atoms with Gasteiger partial charge in [-0.05, 0) is 24.4 Å². The third-order valence-electron chi connectivity index (χ3n) is 3.41. The van der Waals surface area contributed by atoms with Crippen LogP contribution in [-0.2, 0) is 6.54 Å². The molecule has 0 amide bonds. The summed E-state index contributed by atoms with van der Waals surface area (Å²) in [5.41, 5.74) is 1.40. The van der Waals surface area contributed by atoms with Gasteiger partial charge in [0.25, 0.3) is 0 Å². The molecule has 114 valence electrons. The van der Waals surface area contributed by atoms with E-state index in [4.69, 9.17) is 12.2 Å². The Morgan fingerprint density at radius 1 is 1.09 bits per heavy atom. The first-order valence-corrected chi connectivity index (χ1v) is 7.59. The van der Waals surface area contributed by atoms with Crippen LogP contribution in [0.1, 0.15) is 16.2 Å². The van der Waals surface area contributed by atoms with Crippen molar-refractivity contribution in [2.75, 3.05) is 0 Å². The van der Waals surface area contributed by atoms with Gasteiger partial charge < -0.3 is 0 Å². The SMILES string of the molecule is C=CCn1c(C(=O)c2ccccc2)nn(-c2ccccc2)c1=S. The molecule has 3 rings (SSSR count). The lowest BCUT2D eigenvalue weighted by Crippen LogP contribution is -2.11. The van der Waals surface area contributed by atoms with Gasteiger partial charge in [0.05, 0.1) is 5.69 Å². The largest absolute Gasteiger partial charge is 0.293 e. The number of rotatable bonds is 5. The third kappa shape index (κ3) is 2.91. The molecule has 0 fully saturated rings. The summed E-state index contributed by atoms with van der Waals surface area (Å²) in [5.74, 6) is 0.151. The van der Waals surface area contributed by atoms with Crippen LogP contribution in [0, 0.1) is 4.77 Å². The van der Waals surface area contributed by atoms with E-state index in [0.717, 1.165) is 5.69 Å². The minimum atomic E-state index is -0.159. The number of hydrogen-bond donors (Lipinski definition) is 0. The number of aromatic nitrogens is 3. The molecule has 0 N–H and O–H groups in total. The Morgan fingerprint density at radius 2 is 1.70 bits per heavy atom. The van der Waals surface area contributed by atoms with Crippen molar-refractivity contribution in [2.24, 2.45) is 0 Å². The van der Waals surface area contributed by atoms with Crippen LogP contribution < -0.4 is 0 Å². The van der Waals surface area contributed by atoms with E-state index in [9.17, 15) is 4.79 Å². The van der Waals surface area contributed by atoms with Gasteiger partial charge in [0.2, 0.25) is 16.4 Å². The van der Waals surface area contributed by atoms with Crippen LogP contribution in [0.3, 0.4) is 0 Å². The van der Waals surface area contributed by atoms with Gasteiger partial charge in [0, 0.05) is 12.1 Å². The molecule has 4 nitrogen and oxygen atoms in total. The van der Waals surface area contributed by atoms with Crippen molar-refractivity contribution >= 4 is 18.0 Å². The van der Waals surface area contributed by atoms with Crippen molar-refractivity contribution < 1.29 is 4.79 Å². The zero-order valence-electron chi connectivity index (χ0n) is 12.4. The van der Waals surface area contributed by atoms with Crippen LogP contribution in [0.4, 0.5) is 0 Å². The molecule has 1 heterocycles. The van der Waals surface area contributed by atoms with E-state index in [1.165, 1.54) is 0 Å². The molecule has 0 saturated heterocycles. The predicted molar refractivity (Wildman–Crippen MR) is 92.5 cm³/mol. The van der Waals surface area contributed by atoms with Crippen LogP contribution in [0.25, 0.3) is 5.69 Å². The molecule has 0 aliphatic carbocycles. The monoisotopic (exact) mass is 321 g/mol. The number of para-hydroxylation sites is 1. The zero-order valence-corrected chi connectivity index (χ0v) is 13.2. The normalized spacial score (nSPS) is 10.4. The lowest BCUT2D eigenvalue weighted by atomic mass is 10.1. The number of nitrogens with zero attached hydrogens (tertiary/aromatic N) is 3. The fraction of sp³-hybridized carbons (Fsp3) is 0.0556. The van der Waals surface area contributed by atoms with E-state index in [0.29, 0.717) is 22.7 Å². The van der Waals surface area contributed by atoms with Crippen molar-refractivity contribution in [1.29, 1.82) is 0 Å². The van der Waals surface area contributed by atoms with Crippen molar-refractivity contribution in [3.05, 3.63) is 89.5 Å². The molecule has 23 heavy (non-hydrogen) atoms. The lowest BCUT2D eigenvalue weighted by molar-refractivity contribution is 0.102. The second-order valence-corrected chi connectivity index (χ2v) is 5.31. The first-order valence-electron chi connectivity index (χ1n) is 7.18. The second-order valence-electron chi connectivity index (χ2n) is 4.95. The van der Waals surface area contributed by atoms with Crippen molar-refractivity contribution in [2.45, 2.75) is 6.54 Å². The quantitative estimate of drug-likeness (QED) is 0.407. The molecular formula is C18H15N3OS. The summed E-state index contributed by atoms with van der Waals surface area (Å²) in [6, 6.07) is 18.6. The summed E-state index contributed by atoms with van der Waals surface area (Å²) in [6.45, 7) is 4.17. The maximum Gasteiger partial charge on any atom is 0.230 e. The summed E-state index contributed by atoms with van der Waals surface area (Å²) in [4.78, 5) is 12.8. The Hall–Kier alpha value is -2.79. The van der Waals surface area contributed by atoms with E-state index >= 15 is 0 Å². The summed E-state index contributed by atoms with van der Waals surface area (Å²) in [6.07, 6.45) is 1.70. The van der Waals surface area contributed by atoms with Crippen LogP contribution in [0.15, 0.2) is 73.3 Å². The Balaban J connectivity index is 2.15. The number of ketones is 1. The molecule has 0 radical (unpaired) electrons. The highest BCUT2D eigenvalue weighted by Crippen LogP contribution is 2.14. The summed E-state index contributed by atoms with van der Waals surface area (Å²) in [7, 11) is 0. The Labute approximate surface area is 139 Å². The summed E-state index contributed by atoms with van der Waals surface area (Å²) < 4.78 is 3.77. The first kappa shape index (κ1) is 15.1. The number of benzene rings is 2. The molecule has 5 heteroatoms. The summed E-state index contributed by atoms with van der Waals surface area (Å²) in [5, 5.41) is 4.45. The fourth-order valence-electron chi connectivity index (χ4n) is 2.31. The fourth-order valence-corrected chi connectivity index (χ4v) is 2.62. The van der Waals surface area contributed by atoms with Crippen LogP contribution in [-0.4, -0.2) is 20.1 Å². The highest BCUT2D eigenvalue weighted by Gasteiger charge is 2.19. The van der Waals surface area contributed by atoms with Crippen molar-refractivity contribution in [1.82, 2.24) is 14.3 Å². The Kier molecular flexibility index (Phi) is 4.30. The molecule has 0 aliphatic rings. The average molecular weight is 321 g/mol. The Morgan fingerprint density at radius 3 is 2.30 bits per heavy atom. The van der Waals surface area contributed by atoms with Gasteiger partial charge in [-0.15, -0.1) is 11.7 Å². The van der Waals surface area contributed by atoms with Gasteiger partial charge in [0.1, 0.15) is 0 Å². The van der Waals surface area contributed by atoms with E-state index in [1.54, 1.807) is 27.5 Å². The topological polar surface area (TPSA) is 39.8 Å². The Bertz CT molecular complexity index is 895. The van der Waals surface area contributed by atoms with Gasteiger partial charge in [-0.25, -0.2) is 4.68 Å². The first-order chi connectivity index (χ1) is 11.2. The van der Waals surface area contributed by atoms with Gasteiger partial charge in [0.15, 0.2) is 0 Å². The van der Waals surface area contributed by atoms with E-state index in [2.05, 4.69) is 11.7 Å². The smallest absolute Gasteiger partial charge is 0.230 e. The molecular weight excluding hydrogens is 306 g/mol. The molecule has 1 aromatic heterocycles. The average Bonchev–Trinajstić information content (AvgIpc) is 2.93. The minimum Gasteiger partial charge on any atom is -0.293 e. The number of allylic oxidation sites excluding steroid dienone is 1. The number of carbonyl (C=O) groups excluding carboxylic acids is 1. The molecule has 0 unspecified atom stereocenters. The van der Waals surface area contributed by atoms with Gasteiger partial charge in [-0.2, -0.15) is 0 Å². The van der Waals surface area contributed by atoms with Crippen molar-refractivity contribution in [3.8, 4) is 5.69 Å². The molecule has 0 aliphatic heterocycles. The molecule has 3 aromatic rings. The highest BCUT2D eigenvalue weighted by molar-refractivity contribution is 7.71. The molecule has 0 bridgehead atoms. The van der Waals surface area contributed by atoms with E-state index in [1.807, 2.05) is 48.5 Å². The molecule has 0 atom stereocenters. The standard InChI is InChI=1S/C18H15N3OS/c1-2-13-20-17(16(22)14-9-5-3-6-10-14)19-21(18(20)23)15-11-7-4-8-12-15/h2-12H,1,13H2. The van der Waals surface area contributed by atoms with Crippen LogP contribution >= 0.6 is 12.2 Å². The molecule has 2 aromatic carbocycles. The van der Waals surface area contributed by atoms with Gasteiger partial charge in [-0.1, -0.05) is 54.6 Å². The van der Waals surface area contributed by atoms with Crippen molar-refractivity contribution in [3.63, 3.8) is 0 Å². The minimum absolute atomic E-state index is 0.159. The van der Waals surface area contributed by atoms with E-state index in [-0.39, 0.29) is 5.78 Å². The maximum atomic E-state index is 12.8. The zero-order chi connectivity index (χ0) is 16.2. The number of carbonyl (C=O) groups is 1. The van der Waals surface area contributed by atoms with Crippen LogP contribution in [0.2, 0.25) is 0 Å². The van der Waals surface area contributed by atoms with Gasteiger partial charge in [-0.3, -0.25) is 9.36 Å². The maximum absolute atomic E-state index is 12.8. The van der Waals surface area contributed by atoms with E-state index < -0.39 is 0 Å².